The lowest BCUT2D eigenvalue weighted by atomic mass is 9.92. The van der Waals surface area contributed by atoms with E-state index in [2.05, 4.69) is 4.85 Å². The Balaban J connectivity index is 1.13. The molecule has 0 atom stereocenters. The van der Waals surface area contributed by atoms with Gasteiger partial charge in [0.1, 0.15) is 0 Å². The third-order valence-corrected chi connectivity index (χ3v) is 17.5. The van der Waals surface area contributed by atoms with E-state index in [1.807, 2.05) is 54.8 Å². The van der Waals surface area contributed by atoms with Crippen LogP contribution in [0.15, 0.2) is 200 Å². The molecule has 11 aromatic carbocycles. The van der Waals surface area contributed by atoms with Gasteiger partial charge in [0, 0.05) is 32.8 Å². The zero-order valence-electron chi connectivity index (χ0n) is 50.6. The maximum atomic E-state index is 15.0. The topological polar surface area (TPSA) is 14.2 Å². The van der Waals surface area contributed by atoms with Gasteiger partial charge < -0.3 is 9.13 Å². The number of alkyl halides is 15. The van der Waals surface area contributed by atoms with Gasteiger partial charge in [-0.1, -0.05) is 114 Å². The fourth-order valence-electron chi connectivity index (χ4n) is 13.2. The Labute approximate surface area is 533 Å². The van der Waals surface area contributed by atoms with Crippen LogP contribution >= 0.6 is 0 Å². The number of benzene rings is 11. The lowest BCUT2D eigenvalue weighted by Gasteiger charge is -2.21. The van der Waals surface area contributed by atoms with Gasteiger partial charge in [-0.15, -0.1) is 0 Å². The first kappa shape index (κ1) is 63.2. The minimum absolute atomic E-state index is 0.0197. The van der Waals surface area contributed by atoms with Gasteiger partial charge in [-0.2, -0.15) is 65.9 Å². The van der Waals surface area contributed by atoms with Gasteiger partial charge in [0.05, 0.1) is 62.1 Å². The van der Waals surface area contributed by atoms with E-state index in [1.54, 1.807) is 78.2 Å². The molecule has 0 fully saturated rings. The highest BCUT2D eigenvalue weighted by Crippen LogP contribution is 2.51. The molecule has 0 bridgehead atoms. The monoisotopic (exact) mass is 1300 g/mol. The van der Waals surface area contributed by atoms with Crippen molar-refractivity contribution in [3.63, 3.8) is 0 Å². The van der Waals surface area contributed by atoms with Crippen molar-refractivity contribution in [2.45, 2.75) is 65.5 Å². The van der Waals surface area contributed by atoms with E-state index in [0.717, 1.165) is 47.0 Å². The van der Waals surface area contributed by atoms with Gasteiger partial charge in [0.25, 0.3) is 0 Å². The zero-order chi connectivity index (χ0) is 67.7. The Morgan fingerprint density at radius 3 is 1.05 bits per heavy atom. The number of hydrogen-bond acceptors (Lipinski definition) is 0. The molecule has 18 heteroatoms. The van der Waals surface area contributed by atoms with E-state index in [-0.39, 0.29) is 78.2 Å². The van der Waals surface area contributed by atoms with Crippen LogP contribution in [0.4, 0.5) is 71.5 Å². The predicted molar refractivity (Wildman–Crippen MR) is 343 cm³/mol. The molecule has 0 saturated carbocycles. The Morgan fingerprint density at radius 1 is 0.295 bits per heavy atom. The fraction of sp³-hybridized carbons (Fsp3) is 0.130. The third-order valence-electron chi connectivity index (χ3n) is 17.5. The van der Waals surface area contributed by atoms with Gasteiger partial charge in [-0.25, -0.2) is 4.85 Å². The average molecular weight is 1300 g/mol. The van der Waals surface area contributed by atoms with Crippen LogP contribution < -0.4 is 0 Å². The molecule has 95 heavy (non-hydrogen) atoms. The highest BCUT2D eigenvalue weighted by Gasteiger charge is 2.40. The lowest BCUT2D eigenvalue weighted by Crippen LogP contribution is -2.12. The molecule has 0 unspecified atom stereocenters. The van der Waals surface area contributed by atoms with Gasteiger partial charge in [0.15, 0.2) is 5.69 Å². The Bertz CT molecular complexity index is 5370. The van der Waals surface area contributed by atoms with Gasteiger partial charge in [-0.05, 0) is 210 Å². The van der Waals surface area contributed by atoms with E-state index in [1.165, 1.54) is 68.4 Å². The first-order valence-electron chi connectivity index (χ1n) is 29.5. The number of aryl methyl sites for hydroxylation is 5. The predicted octanol–water partition coefficient (Wildman–Crippen LogP) is 25.1. The van der Waals surface area contributed by atoms with Crippen LogP contribution in [-0.2, 0) is 30.9 Å². The minimum Gasteiger partial charge on any atom is -0.310 e. The number of aromatic nitrogens is 2. The maximum absolute atomic E-state index is 15.0. The lowest BCUT2D eigenvalue weighted by molar-refractivity contribution is -0.143. The summed E-state index contributed by atoms with van der Waals surface area (Å²) < 4.78 is 223. The number of nitrogens with zero attached hydrogens (tertiary/aromatic N) is 3. The Morgan fingerprint density at radius 2 is 0.642 bits per heavy atom. The van der Waals surface area contributed by atoms with E-state index < -0.39 is 64.3 Å². The molecule has 0 aliphatic rings. The van der Waals surface area contributed by atoms with Crippen molar-refractivity contribution in [3.05, 3.63) is 267 Å². The molecular formula is C77H48F15N3. The smallest absolute Gasteiger partial charge is 0.310 e. The van der Waals surface area contributed by atoms with Gasteiger partial charge in [-0.3, -0.25) is 0 Å². The molecule has 13 rings (SSSR count). The summed E-state index contributed by atoms with van der Waals surface area (Å²) in [6.45, 7) is 17.3. The molecule has 0 aliphatic heterocycles. The van der Waals surface area contributed by atoms with Crippen LogP contribution in [0.25, 0.3) is 127 Å². The number of fused-ring (bicyclic) bond motifs is 6. The van der Waals surface area contributed by atoms with Crippen molar-refractivity contribution in [2.75, 3.05) is 0 Å². The molecular weight excluding hydrogens is 1250 g/mol. The van der Waals surface area contributed by atoms with E-state index in [4.69, 9.17) is 6.57 Å². The van der Waals surface area contributed by atoms with Crippen LogP contribution in [0.2, 0.25) is 0 Å². The van der Waals surface area contributed by atoms with E-state index in [0.29, 0.717) is 66.9 Å². The quantitative estimate of drug-likeness (QED) is 0.106. The van der Waals surface area contributed by atoms with Crippen molar-refractivity contribution in [1.29, 1.82) is 0 Å². The normalized spacial score (nSPS) is 12.6. The minimum atomic E-state index is -5.30. The van der Waals surface area contributed by atoms with Crippen molar-refractivity contribution in [1.82, 2.24) is 9.13 Å². The molecule has 2 aromatic heterocycles. The molecule has 0 N–H and O–H groups in total. The first-order valence-corrected chi connectivity index (χ1v) is 29.5. The highest BCUT2D eigenvalue weighted by atomic mass is 19.4. The second-order valence-corrected chi connectivity index (χ2v) is 23.8. The summed E-state index contributed by atoms with van der Waals surface area (Å²) in [4.78, 5) is 4.09. The molecule has 2 heterocycles. The Hall–Kier alpha value is -10.5. The first-order chi connectivity index (χ1) is 44.8. The second kappa shape index (κ2) is 22.6. The van der Waals surface area contributed by atoms with Crippen LogP contribution in [0.5, 0.6) is 0 Å². The maximum Gasteiger partial charge on any atom is 0.417 e. The summed E-state index contributed by atoms with van der Waals surface area (Å²) in [5.41, 5.74) is 1.16. The van der Waals surface area contributed by atoms with Crippen LogP contribution in [0.3, 0.4) is 0 Å². The summed E-state index contributed by atoms with van der Waals surface area (Å²) in [6, 6.07) is 47.3. The summed E-state index contributed by atoms with van der Waals surface area (Å²) in [6.07, 6.45) is -24.7. The molecule has 0 radical (unpaired) electrons. The van der Waals surface area contributed by atoms with Crippen LogP contribution in [-0.4, -0.2) is 9.13 Å². The Kier molecular flexibility index (Phi) is 15.0. The SMILES string of the molecule is [C-]#[N+]c1cccc(-n2c3ccc(-c4ccc(C)cc4C(F)(F)F)cc3c3cc(-c4ccc(C(F)(F)F)cc4C(F)(F)F)ccc32)c1-c1cc(-c2ccc(C)cc2C)ccc1-n1c2ccc(-c3ccc(C(F)(F)F)cc3C)cc2c2cc(-c3ccc(C)cc3C(F)(F)F)ccc21. The number of hydrogen-bond donors (Lipinski definition) is 0. The number of halogens is 15. The summed E-state index contributed by atoms with van der Waals surface area (Å²) in [5, 5.41) is 1.27. The molecule has 0 amide bonds. The standard InChI is InChI=1S/C77H48F15N3/c1-40-10-20-52(43(4)30-40)46-14-29-70(94-66-25-13-45(53-23-18-50(33-44(53)5)73(78,79)80)34-57(66)58-35-47(15-26-67(58)94)54-21-11-41(2)31-62(54)75(84,85)86)61(38-46)72-65(93-6)8-7-9-71(72)95-68-27-16-48(55-22-12-42(3)32-63(55)76(87,88)89)36-59(68)60-37-49(17-28-69(60)95)56-24-19-51(74(81,82)83)39-64(56)77(90,91)92/h7-39H,1-5H3. The molecule has 0 spiro atoms. The van der Waals surface area contributed by atoms with Gasteiger partial charge in [0.2, 0.25) is 0 Å². The third kappa shape index (κ3) is 11.3. The van der Waals surface area contributed by atoms with Crippen molar-refractivity contribution >= 4 is 49.3 Å². The van der Waals surface area contributed by atoms with E-state index in [9.17, 15) is 52.7 Å². The van der Waals surface area contributed by atoms with Gasteiger partial charge >= 0.3 is 30.9 Å². The average Bonchev–Trinajstić information content (AvgIpc) is 1.59. The molecule has 3 nitrogen and oxygen atoms in total. The fourth-order valence-corrected chi connectivity index (χ4v) is 13.2. The van der Waals surface area contributed by atoms with Crippen molar-refractivity contribution in [3.8, 4) is 78.1 Å². The summed E-state index contributed by atoms with van der Waals surface area (Å²) in [7, 11) is 0. The van der Waals surface area contributed by atoms with Crippen molar-refractivity contribution < 1.29 is 65.9 Å². The molecule has 0 aliphatic carbocycles. The van der Waals surface area contributed by atoms with Crippen LogP contribution in [0.1, 0.15) is 55.6 Å². The molecule has 0 saturated heterocycles. The summed E-state index contributed by atoms with van der Waals surface area (Å²) in [5.74, 6) is 0. The van der Waals surface area contributed by atoms with Crippen LogP contribution in [0, 0.1) is 41.2 Å². The van der Waals surface area contributed by atoms with E-state index >= 15 is 13.2 Å². The number of rotatable bonds is 8. The highest BCUT2D eigenvalue weighted by molar-refractivity contribution is 6.15. The second-order valence-electron chi connectivity index (χ2n) is 23.8. The zero-order valence-corrected chi connectivity index (χ0v) is 50.6. The largest absolute Gasteiger partial charge is 0.417 e. The molecule has 13 aromatic rings. The molecule has 476 valence electrons. The van der Waals surface area contributed by atoms with Crippen molar-refractivity contribution in [2.24, 2.45) is 0 Å². The summed E-state index contributed by atoms with van der Waals surface area (Å²) >= 11 is 0.